The third kappa shape index (κ3) is 2.95. The summed E-state index contributed by atoms with van der Waals surface area (Å²) in [7, 11) is 0. The molecule has 0 unspecified atom stereocenters. The Balaban J connectivity index is 0.000001000. The molecule has 0 radical (unpaired) electrons. The molecule has 0 spiro atoms. The van der Waals surface area contributed by atoms with Crippen LogP contribution >= 0.6 is 11.6 Å². The van der Waals surface area contributed by atoms with Gasteiger partial charge in [-0.3, -0.25) is 0 Å². The van der Waals surface area contributed by atoms with E-state index in [2.05, 4.69) is 5.10 Å². The summed E-state index contributed by atoms with van der Waals surface area (Å²) in [4.78, 5) is 10.0. The number of aryl methyl sites for hydroxylation is 1. The van der Waals surface area contributed by atoms with Gasteiger partial charge < -0.3 is 4.79 Å². The first kappa shape index (κ1) is 11.2. The third-order valence-corrected chi connectivity index (χ3v) is 1.40. The van der Waals surface area contributed by atoms with Gasteiger partial charge in [-0.25, -0.2) is 4.68 Å². The molecule has 1 rings (SSSR count). The van der Waals surface area contributed by atoms with Gasteiger partial charge in [0.1, 0.15) is 11.4 Å². The van der Waals surface area contributed by atoms with E-state index in [4.69, 9.17) is 11.6 Å². The van der Waals surface area contributed by atoms with E-state index in [0.717, 1.165) is 12.0 Å². The summed E-state index contributed by atoms with van der Waals surface area (Å²) in [6.45, 7) is 2.06. The molecule has 0 amide bonds. The van der Waals surface area contributed by atoms with Crippen molar-refractivity contribution >= 4 is 47.4 Å². The second kappa shape index (κ2) is 4.93. The zero-order valence-corrected chi connectivity index (χ0v) is 6.30. The number of carbonyl (C=O) groups is 1. The van der Waals surface area contributed by atoms with Crippen molar-refractivity contribution in [1.29, 1.82) is 0 Å². The Morgan fingerprint density at radius 2 is 2.45 bits per heavy atom. The molecule has 0 saturated heterocycles. The van der Waals surface area contributed by atoms with Gasteiger partial charge in [-0.1, -0.05) is 11.6 Å². The van der Waals surface area contributed by atoms with Crippen molar-refractivity contribution < 1.29 is 4.79 Å². The summed E-state index contributed by atoms with van der Waals surface area (Å²) in [6.07, 6.45) is 0.762. The van der Waals surface area contributed by atoms with Gasteiger partial charge in [0, 0.05) is 0 Å². The predicted molar refractivity (Wildman–Crippen MR) is 45.2 cm³/mol. The molecule has 1 aromatic rings. The van der Waals surface area contributed by atoms with Crippen molar-refractivity contribution in [3.05, 3.63) is 16.9 Å². The number of rotatable bonds is 2. The Morgan fingerprint density at radius 3 is 2.82 bits per heavy atom. The van der Waals surface area contributed by atoms with Crippen LogP contribution in [0.3, 0.4) is 0 Å². The number of halogens is 1. The number of aldehydes is 1. The Kier molecular flexibility index (Phi) is 5.01. The maximum atomic E-state index is 10.0. The Morgan fingerprint density at radius 1 is 1.82 bits per heavy atom. The topological polar surface area (TPSA) is 34.9 Å². The van der Waals surface area contributed by atoms with Gasteiger partial charge in [0.2, 0.25) is 0 Å². The van der Waals surface area contributed by atoms with E-state index >= 15 is 0 Å². The Hall–Kier alpha value is 0.170. The van der Waals surface area contributed by atoms with Crippen LogP contribution in [0.1, 0.15) is 5.69 Å². The van der Waals surface area contributed by atoms with Crippen LogP contribution in [-0.2, 0) is 11.3 Å². The standard InChI is InChI=1S/C6H7ClN2O.Na.H/c1-5-4-6(7)9(8-5)2-3-10;;/h3-4H,2H2,1H3;;. The molecule has 56 valence electrons. The molecule has 0 aliphatic rings. The third-order valence-electron chi connectivity index (χ3n) is 1.10. The molecular weight excluding hydrogens is 175 g/mol. The number of aromatic nitrogens is 2. The first-order valence-electron chi connectivity index (χ1n) is 2.87. The quantitative estimate of drug-likeness (QED) is 0.490. The summed E-state index contributed by atoms with van der Waals surface area (Å²) in [5.41, 5.74) is 0.826. The van der Waals surface area contributed by atoms with Crippen LogP contribution in [-0.4, -0.2) is 45.6 Å². The predicted octanol–water partition coefficient (Wildman–Crippen LogP) is 0.395. The zero-order chi connectivity index (χ0) is 7.56. The minimum absolute atomic E-state index is 0. The molecule has 1 aromatic heterocycles. The van der Waals surface area contributed by atoms with Gasteiger partial charge in [0.05, 0.1) is 12.2 Å². The van der Waals surface area contributed by atoms with Crippen LogP contribution in [0.5, 0.6) is 0 Å². The zero-order valence-electron chi connectivity index (χ0n) is 5.54. The summed E-state index contributed by atoms with van der Waals surface area (Å²) >= 11 is 5.67. The van der Waals surface area contributed by atoms with Crippen LogP contribution in [0.25, 0.3) is 0 Å². The summed E-state index contributed by atoms with van der Waals surface area (Å²) in [6, 6.07) is 1.71. The first-order chi connectivity index (χ1) is 4.74. The van der Waals surface area contributed by atoms with E-state index in [1.54, 1.807) is 6.07 Å². The SMILES string of the molecule is Cc1cc(Cl)n(CC=O)n1.[NaH]. The van der Waals surface area contributed by atoms with Crippen molar-refractivity contribution in [2.24, 2.45) is 0 Å². The van der Waals surface area contributed by atoms with E-state index in [-0.39, 0.29) is 36.1 Å². The van der Waals surface area contributed by atoms with Crippen LogP contribution in [0.4, 0.5) is 0 Å². The molecule has 0 fully saturated rings. The van der Waals surface area contributed by atoms with Crippen LogP contribution in [0, 0.1) is 6.92 Å². The van der Waals surface area contributed by atoms with Gasteiger partial charge in [-0.05, 0) is 13.0 Å². The second-order valence-electron chi connectivity index (χ2n) is 1.96. The van der Waals surface area contributed by atoms with E-state index in [1.807, 2.05) is 6.92 Å². The fourth-order valence-electron chi connectivity index (χ4n) is 0.713. The first-order valence-corrected chi connectivity index (χ1v) is 3.25. The van der Waals surface area contributed by atoms with Gasteiger partial charge in [-0.15, -0.1) is 0 Å². The molecule has 0 atom stereocenters. The molecule has 0 aliphatic carbocycles. The molecule has 0 aliphatic heterocycles. The molecule has 3 nitrogen and oxygen atoms in total. The molecule has 0 bridgehead atoms. The van der Waals surface area contributed by atoms with E-state index in [0.29, 0.717) is 5.15 Å². The molecule has 1 heterocycles. The summed E-state index contributed by atoms with van der Waals surface area (Å²) in [5.74, 6) is 0. The van der Waals surface area contributed by atoms with E-state index in [9.17, 15) is 4.79 Å². The van der Waals surface area contributed by atoms with Crippen molar-refractivity contribution in [1.82, 2.24) is 9.78 Å². The normalized spacial score (nSPS) is 8.91. The van der Waals surface area contributed by atoms with Gasteiger partial charge in [-0.2, -0.15) is 5.10 Å². The van der Waals surface area contributed by atoms with Crippen molar-refractivity contribution in [3.8, 4) is 0 Å². The van der Waals surface area contributed by atoms with Crippen LogP contribution in [0.15, 0.2) is 6.07 Å². The van der Waals surface area contributed by atoms with Gasteiger partial charge in [0.15, 0.2) is 0 Å². The monoisotopic (exact) mass is 182 g/mol. The van der Waals surface area contributed by atoms with E-state index < -0.39 is 0 Å². The molecule has 0 N–H and O–H groups in total. The minimum atomic E-state index is 0. The van der Waals surface area contributed by atoms with Crippen LogP contribution in [0.2, 0.25) is 5.15 Å². The molecular formula is C6H8ClN2NaO. The molecule has 11 heavy (non-hydrogen) atoms. The number of carbonyl (C=O) groups excluding carboxylic acids is 1. The number of nitrogens with zero attached hydrogens (tertiary/aromatic N) is 2. The molecule has 0 aromatic carbocycles. The average Bonchev–Trinajstić information content (AvgIpc) is 2.13. The fraction of sp³-hybridized carbons (Fsp3) is 0.333. The van der Waals surface area contributed by atoms with E-state index in [1.165, 1.54) is 4.68 Å². The van der Waals surface area contributed by atoms with Crippen molar-refractivity contribution in [3.63, 3.8) is 0 Å². The fourth-order valence-corrected chi connectivity index (χ4v) is 0.977. The van der Waals surface area contributed by atoms with Gasteiger partial charge >= 0.3 is 29.6 Å². The number of hydrogen-bond acceptors (Lipinski definition) is 2. The number of hydrogen-bond donors (Lipinski definition) is 0. The maximum absolute atomic E-state index is 10.0. The Bertz CT molecular complexity index is 249. The molecule has 5 heteroatoms. The average molecular weight is 183 g/mol. The summed E-state index contributed by atoms with van der Waals surface area (Å²) in [5, 5.41) is 4.46. The summed E-state index contributed by atoms with van der Waals surface area (Å²) < 4.78 is 1.45. The van der Waals surface area contributed by atoms with Gasteiger partial charge in [0.25, 0.3) is 0 Å². The molecule has 0 saturated carbocycles. The van der Waals surface area contributed by atoms with Crippen molar-refractivity contribution in [2.75, 3.05) is 0 Å². The second-order valence-corrected chi connectivity index (χ2v) is 2.34. The van der Waals surface area contributed by atoms with Crippen molar-refractivity contribution in [2.45, 2.75) is 13.5 Å². The van der Waals surface area contributed by atoms with Crippen LogP contribution < -0.4 is 0 Å². The Labute approximate surface area is 92.0 Å².